The van der Waals surface area contributed by atoms with Crippen LogP contribution in [0, 0.1) is 0 Å². The minimum absolute atomic E-state index is 0. The number of benzene rings is 4. The molecule has 0 aliphatic heterocycles. The summed E-state index contributed by atoms with van der Waals surface area (Å²) in [4.78, 5) is 3.47. The quantitative estimate of drug-likeness (QED) is 0.193. The van der Waals surface area contributed by atoms with Crippen LogP contribution < -0.4 is 33.5 Å². The van der Waals surface area contributed by atoms with Gasteiger partial charge in [0.1, 0.15) is 7.05 Å². The zero-order valence-corrected chi connectivity index (χ0v) is 24.0. The summed E-state index contributed by atoms with van der Waals surface area (Å²) >= 11 is 0. The average molecular weight is 618 g/mol. The smallest absolute Gasteiger partial charge is 0.212 e. The van der Waals surface area contributed by atoms with E-state index in [9.17, 15) is 0 Å². The van der Waals surface area contributed by atoms with Crippen LogP contribution in [0.25, 0.3) is 44.8 Å². The van der Waals surface area contributed by atoms with Crippen molar-refractivity contribution >= 4 is 0 Å². The summed E-state index contributed by atoms with van der Waals surface area (Å²) in [6.07, 6.45) is 4.94. The molecule has 0 unspecified atom stereocenters. The van der Waals surface area contributed by atoms with E-state index in [-0.39, 0.29) is 24.0 Å². The number of pyridine rings is 2. The fourth-order valence-electron chi connectivity index (χ4n) is 5.14. The number of rotatable bonds is 6. The van der Waals surface area contributed by atoms with Gasteiger partial charge in [0.05, 0.1) is 11.1 Å². The Hall–Kier alpha value is -4.09. The van der Waals surface area contributed by atoms with Crippen molar-refractivity contribution in [2.24, 2.45) is 7.05 Å². The van der Waals surface area contributed by atoms with E-state index in [0.717, 1.165) is 12.1 Å². The Morgan fingerprint density at radius 3 is 1.69 bits per heavy atom. The van der Waals surface area contributed by atoms with E-state index in [2.05, 4.69) is 150 Å². The number of hydrogen-bond donors (Lipinski definition) is 0. The first kappa shape index (κ1) is 26.5. The molecule has 0 aliphatic carbocycles. The second-order valence-corrected chi connectivity index (χ2v) is 9.63. The highest BCUT2D eigenvalue weighted by molar-refractivity contribution is 5.76. The summed E-state index contributed by atoms with van der Waals surface area (Å²) in [7, 11) is 2.12. The zero-order chi connectivity index (χ0) is 25.7. The summed E-state index contributed by atoms with van der Waals surface area (Å²) in [5.41, 5.74) is 12.3. The molecule has 4 aromatic carbocycles. The second-order valence-electron chi connectivity index (χ2n) is 9.63. The number of H-pyrrole nitrogens is 1. The molecule has 1 N–H and O–H groups in total. The Morgan fingerprint density at radius 1 is 0.538 bits per heavy atom. The lowest BCUT2D eigenvalue weighted by atomic mass is 9.89. The van der Waals surface area contributed by atoms with Gasteiger partial charge in [0, 0.05) is 24.3 Å². The molecule has 0 aliphatic rings. The maximum atomic E-state index is 3.47. The number of nitrogens with one attached hydrogen (secondary N) is 1. The van der Waals surface area contributed by atoms with Gasteiger partial charge in [-0.1, -0.05) is 84.9 Å². The molecule has 39 heavy (non-hydrogen) atoms. The van der Waals surface area contributed by atoms with Crippen molar-refractivity contribution in [2.45, 2.75) is 6.42 Å². The third-order valence-corrected chi connectivity index (χ3v) is 7.14. The van der Waals surface area contributed by atoms with Crippen molar-refractivity contribution in [2.75, 3.05) is 0 Å². The highest BCUT2D eigenvalue weighted by Gasteiger charge is 2.19. The van der Waals surface area contributed by atoms with Crippen LogP contribution in [-0.4, -0.2) is 0 Å². The molecule has 190 valence electrons. The molecule has 2 nitrogen and oxygen atoms in total. The Bertz CT molecular complexity index is 1680. The largest absolute Gasteiger partial charge is 1.00 e. The molecule has 6 aromatic rings. The number of aromatic nitrogens is 2. The van der Waals surface area contributed by atoms with Crippen molar-refractivity contribution in [3.05, 3.63) is 157 Å². The maximum Gasteiger partial charge on any atom is 0.212 e. The molecule has 0 fully saturated rings. The van der Waals surface area contributed by atoms with Gasteiger partial charge in [0.25, 0.3) is 0 Å². The number of nitrogens with zero attached hydrogens (tertiary/aromatic N) is 1. The van der Waals surface area contributed by atoms with Crippen LogP contribution >= 0.6 is 0 Å². The Morgan fingerprint density at radius 2 is 1.10 bits per heavy atom. The van der Waals surface area contributed by atoms with Gasteiger partial charge < -0.3 is 24.0 Å². The van der Waals surface area contributed by atoms with Gasteiger partial charge in [-0.2, -0.15) is 0 Å². The standard InChI is InChI=1S/C36H29N2.HI/c1-38-23-11-9-17-36(38)34-26-30(28-14-6-3-7-15-28)19-21-32(34)24-31-20-18-29(27-12-4-2-5-13-27)25-33(31)35-16-8-10-22-37-35;/h2-23,25-26H,24H2,1H3;1H/q+1;. The number of hydrogen-bond acceptors (Lipinski definition) is 0. The van der Waals surface area contributed by atoms with E-state index in [0.29, 0.717) is 0 Å². The van der Waals surface area contributed by atoms with Gasteiger partial charge in [-0.25, -0.2) is 9.55 Å². The molecule has 0 atom stereocenters. The van der Waals surface area contributed by atoms with Crippen LogP contribution in [0.4, 0.5) is 0 Å². The van der Waals surface area contributed by atoms with E-state index in [1.807, 2.05) is 12.3 Å². The fraction of sp³-hybridized carbons (Fsp3) is 0.0556. The third-order valence-electron chi connectivity index (χ3n) is 7.14. The SMILES string of the molecule is C[n+]1ccccc1-c1cc(-c2ccccc2)ccc1Cc1ccc(-c2ccccc2)cc1-c1cccc[nH+]1.[I-]. The number of aromatic amines is 1. The van der Waals surface area contributed by atoms with Gasteiger partial charge in [-0.3, -0.25) is 0 Å². The minimum atomic E-state index is 0. The molecule has 0 saturated carbocycles. The van der Waals surface area contributed by atoms with Crippen molar-refractivity contribution in [1.82, 2.24) is 0 Å². The molecule has 0 bridgehead atoms. The van der Waals surface area contributed by atoms with Crippen molar-refractivity contribution in [1.29, 1.82) is 0 Å². The molecular weight excluding hydrogens is 587 g/mol. The van der Waals surface area contributed by atoms with Gasteiger partial charge in [0.15, 0.2) is 12.4 Å². The number of aryl methyl sites for hydroxylation is 1. The Labute approximate surface area is 247 Å². The molecule has 6 rings (SSSR count). The predicted molar refractivity (Wildman–Crippen MR) is 155 cm³/mol. The van der Waals surface area contributed by atoms with E-state index < -0.39 is 0 Å². The summed E-state index contributed by atoms with van der Waals surface area (Å²) in [5, 5.41) is 0. The van der Waals surface area contributed by atoms with E-state index >= 15 is 0 Å². The highest BCUT2D eigenvalue weighted by atomic mass is 127. The number of halogens is 1. The van der Waals surface area contributed by atoms with Crippen LogP contribution in [0.3, 0.4) is 0 Å². The first-order valence-corrected chi connectivity index (χ1v) is 13.0. The average Bonchev–Trinajstić information content (AvgIpc) is 2.99. The van der Waals surface area contributed by atoms with Gasteiger partial charge in [0.2, 0.25) is 11.4 Å². The highest BCUT2D eigenvalue weighted by Crippen LogP contribution is 2.33. The van der Waals surface area contributed by atoms with Crippen LogP contribution in [0.1, 0.15) is 11.1 Å². The van der Waals surface area contributed by atoms with Gasteiger partial charge in [-0.15, -0.1) is 0 Å². The van der Waals surface area contributed by atoms with E-state index in [1.165, 1.54) is 50.2 Å². The Kier molecular flexibility index (Phi) is 8.28. The van der Waals surface area contributed by atoms with Crippen molar-refractivity contribution in [3.63, 3.8) is 0 Å². The maximum absolute atomic E-state index is 3.47. The van der Waals surface area contributed by atoms with Crippen LogP contribution in [0.5, 0.6) is 0 Å². The molecule has 0 spiro atoms. The summed E-state index contributed by atoms with van der Waals surface area (Å²) in [6.45, 7) is 0. The monoisotopic (exact) mass is 617 g/mol. The lowest BCUT2D eigenvalue weighted by molar-refractivity contribution is -0.660. The predicted octanol–water partition coefficient (Wildman–Crippen LogP) is 4.59. The lowest BCUT2D eigenvalue weighted by Crippen LogP contribution is -3.00. The van der Waals surface area contributed by atoms with E-state index in [4.69, 9.17) is 0 Å². The zero-order valence-electron chi connectivity index (χ0n) is 21.9. The van der Waals surface area contributed by atoms with Crippen LogP contribution in [-0.2, 0) is 13.5 Å². The first-order chi connectivity index (χ1) is 18.8. The first-order valence-electron chi connectivity index (χ1n) is 13.0. The van der Waals surface area contributed by atoms with Crippen LogP contribution in [0.15, 0.2) is 146 Å². The molecule has 0 radical (unpaired) electrons. The molecule has 0 amide bonds. The van der Waals surface area contributed by atoms with Crippen molar-refractivity contribution < 1.29 is 33.5 Å². The second kappa shape index (κ2) is 12.2. The lowest BCUT2D eigenvalue weighted by Gasteiger charge is -2.14. The van der Waals surface area contributed by atoms with Gasteiger partial charge >= 0.3 is 0 Å². The normalized spacial score (nSPS) is 10.6. The minimum Gasteiger partial charge on any atom is -1.00 e. The van der Waals surface area contributed by atoms with Crippen LogP contribution in [0.2, 0.25) is 0 Å². The van der Waals surface area contributed by atoms with Crippen molar-refractivity contribution in [3.8, 4) is 44.8 Å². The Balaban J connectivity index is 0.00000308. The molecule has 2 aromatic heterocycles. The van der Waals surface area contributed by atoms with E-state index in [1.54, 1.807) is 0 Å². The molecule has 0 saturated heterocycles. The topological polar surface area (TPSA) is 18.0 Å². The summed E-state index contributed by atoms with van der Waals surface area (Å²) in [6, 6.07) is 47.6. The molecular formula is C36H30IN2+. The summed E-state index contributed by atoms with van der Waals surface area (Å²) < 4.78 is 2.21. The van der Waals surface area contributed by atoms with Gasteiger partial charge in [-0.05, 0) is 64.1 Å². The summed E-state index contributed by atoms with van der Waals surface area (Å²) in [5.74, 6) is 0. The third kappa shape index (κ3) is 5.84. The molecule has 2 heterocycles. The molecule has 3 heteroatoms. The fourth-order valence-corrected chi connectivity index (χ4v) is 5.14.